The quantitative estimate of drug-likeness (QED) is 0.648. The van der Waals surface area contributed by atoms with Crippen molar-refractivity contribution in [2.45, 2.75) is 0 Å². The molecule has 2 aromatic carbocycles. The maximum absolute atomic E-state index is 12.1. The standard InChI is InChI=1S/C18H10Cl2N2O2/c19-11-7-3-1-5-9(11)13-14(10-6-2-4-8-12(10)20)21-16-15(13)22-18(24)17(16)23/h1-8,21H,(H,22,23,24). The van der Waals surface area contributed by atoms with Crippen LogP contribution in [0.15, 0.2) is 48.5 Å². The van der Waals surface area contributed by atoms with E-state index in [9.17, 15) is 9.59 Å². The van der Waals surface area contributed by atoms with Gasteiger partial charge in [0.15, 0.2) is 0 Å². The first-order valence-electron chi connectivity index (χ1n) is 7.19. The minimum Gasteiger partial charge on any atom is -0.349 e. The minimum atomic E-state index is -0.657. The first kappa shape index (κ1) is 15.0. The third-order valence-electron chi connectivity index (χ3n) is 3.96. The highest BCUT2D eigenvalue weighted by atomic mass is 35.5. The Morgan fingerprint density at radius 1 is 0.750 bits per heavy atom. The number of anilines is 1. The van der Waals surface area contributed by atoms with Crippen molar-refractivity contribution in [2.24, 2.45) is 0 Å². The van der Waals surface area contributed by atoms with Gasteiger partial charge in [0.2, 0.25) is 0 Å². The van der Waals surface area contributed by atoms with Gasteiger partial charge in [0, 0.05) is 26.7 Å². The number of aromatic amines is 1. The van der Waals surface area contributed by atoms with E-state index in [-0.39, 0.29) is 5.69 Å². The Hall–Kier alpha value is -2.56. The van der Waals surface area contributed by atoms with Crippen molar-refractivity contribution in [2.75, 3.05) is 5.32 Å². The summed E-state index contributed by atoms with van der Waals surface area (Å²) in [5.74, 6) is -1.26. The summed E-state index contributed by atoms with van der Waals surface area (Å²) in [4.78, 5) is 26.9. The summed E-state index contributed by atoms with van der Waals surface area (Å²) >= 11 is 12.7. The lowest BCUT2D eigenvalue weighted by atomic mass is 10.00. The highest BCUT2D eigenvalue weighted by Crippen LogP contribution is 2.46. The molecule has 4 rings (SSSR count). The number of benzene rings is 2. The van der Waals surface area contributed by atoms with Crippen molar-refractivity contribution in [3.05, 3.63) is 64.3 Å². The van der Waals surface area contributed by atoms with Gasteiger partial charge in [-0.05, 0) is 12.1 Å². The van der Waals surface area contributed by atoms with Crippen LogP contribution in [0, 0.1) is 0 Å². The first-order valence-corrected chi connectivity index (χ1v) is 7.95. The number of halogens is 2. The van der Waals surface area contributed by atoms with E-state index < -0.39 is 11.7 Å². The Balaban J connectivity index is 2.06. The molecule has 0 aliphatic carbocycles. The summed E-state index contributed by atoms with van der Waals surface area (Å²) in [6, 6.07) is 14.5. The van der Waals surface area contributed by atoms with E-state index in [1.807, 2.05) is 36.4 Å². The number of carbonyl (C=O) groups excluding carboxylic acids is 2. The minimum absolute atomic E-state index is 0.227. The number of fused-ring (bicyclic) bond motifs is 1. The van der Waals surface area contributed by atoms with E-state index in [2.05, 4.69) is 10.3 Å². The van der Waals surface area contributed by atoms with E-state index in [1.54, 1.807) is 12.1 Å². The number of rotatable bonds is 2. The predicted molar refractivity (Wildman–Crippen MR) is 94.6 cm³/mol. The molecule has 2 N–H and O–H groups in total. The number of hydrogen-bond acceptors (Lipinski definition) is 2. The van der Waals surface area contributed by atoms with E-state index in [0.29, 0.717) is 32.6 Å². The third-order valence-corrected chi connectivity index (χ3v) is 4.62. The molecule has 2 heterocycles. The molecule has 0 saturated heterocycles. The maximum atomic E-state index is 12.1. The van der Waals surface area contributed by atoms with Crippen LogP contribution < -0.4 is 5.32 Å². The molecule has 0 spiro atoms. The van der Waals surface area contributed by atoms with Gasteiger partial charge in [-0.15, -0.1) is 0 Å². The molecular weight excluding hydrogens is 347 g/mol. The second-order valence-electron chi connectivity index (χ2n) is 5.37. The van der Waals surface area contributed by atoms with Crippen molar-refractivity contribution in [1.29, 1.82) is 0 Å². The Kier molecular flexibility index (Phi) is 3.44. The number of aromatic nitrogens is 1. The summed E-state index contributed by atoms with van der Waals surface area (Å²) in [6.07, 6.45) is 0. The summed E-state index contributed by atoms with van der Waals surface area (Å²) < 4.78 is 0. The van der Waals surface area contributed by atoms with Gasteiger partial charge >= 0.3 is 0 Å². The Morgan fingerprint density at radius 3 is 1.96 bits per heavy atom. The van der Waals surface area contributed by atoms with Crippen LogP contribution in [0.4, 0.5) is 5.69 Å². The molecular formula is C18H10Cl2N2O2. The van der Waals surface area contributed by atoms with E-state index in [1.165, 1.54) is 0 Å². The molecule has 3 aromatic rings. The number of nitrogens with one attached hydrogen (secondary N) is 2. The number of hydrogen-bond donors (Lipinski definition) is 2. The van der Waals surface area contributed by atoms with Crippen LogP contribution in [-0.2, 0) is 4.79 Å². The zero-order chi connectivity index (χ0) is 16.8. The lowest BCUT2D eigenvalue weighted by Gasteiger charge is -2.10. The average molecular weight is 357 g/mol. The van der Waals surface area contributed by atoms with Crippen LogP contribution in [0.3, 0.4) is 0 Å². The highest BCUT2D eigenvalue weighted by Gasteiger charge is 2.35. The monoisotopic (exact) mass is 356 g/mol. The largest absolute Gasteiger partial charge is 0.349 e. The van der Waals surface area contributed by atoms with Gasteiger partial charge in [-0.1, -0.05) is 59.6 Å². The predicted octanol–water partition coefficient (Wildman–Crippen LogP) is 4.79. The molecule has 0 fully saturated rings. The topological polar surface area (TPSA) is 62.0 Å². The summed E-state index contributed by atoms with van der Waals surface area (Å²) in [6.45, 7) is 0. The summed E-state index contributed by atoms with van der Waals surface area (Å²) in [5, 5.41) is 3.68. The summed E-state index contributed by atoms with van der Waals surface area (Å²) in [7, 11) is 0. The number of amides is 1. The van der Waals surface area contributed by atoms with Gasteiger partial charge in [0.25, 0.3) is 11.7 Å². The zero-order valence-electron chi connectivity index (χ0n) is 12.2. The lowest BCUT2D eigenvalue weighted by molar-refractivity contribution is -0.112. The molecule has 0 atom stereocenters. The molecule has 1 aliphatic heterocycles. The van der Waals surface area contributed by atoms with Gasteiger partial charge < -0.3 is 10.3 Å². The Morgan fingerprint density at radius 2 is 1.33 bits per heavy atom. The van der Waals surface area contributed by atoms with Gasteiger partial charge in [-0.25, -0.2) is 0 Å². The fourth-order valence-corrected chi connectivity index (χ4v) is 3.34. The molecule has 0 saturated carbocycles. The highest BCUT2D eigenvalue weighted by molar-refractivity contribution is 6.52. The van der Waals surface area contributed by atoms with E-state index >= 15 is 0 Å². The Bertz CT molecular complexity index is 1010. The SMILES string of the molecule is O=C1Nc2c([nH]c(-c3ccccc3Cl)c2-c2ccccc2Cl)C1=O. The number of H-pyrrole nitrogens is 1. The van der Waals surface area contributed by atoms with Gasteiger partial charge in [0.1, 0.15) is 5.69 Å². The number of ketones is 1. The summed E-state index contributed by atoms with van der Waals surface area (Å²) in [5.41, 5.74) is 3.40. The fraction of sp³-hybridized carbons (Fsp3) is 0. The molecule has 0 unspecified atom stereocenters. The fourth-order valence-electron chi connectivity index (χ4n) is 2.88. The van der Waals surface area contributed by atoms with Crippen LogP contribution in [-0.4, -0.2) is 16.7 Å². The van der Waals surface area contributed by atoms with E-state index in [4.69, 9.17) is 23.2 Å². The molecule has 0 bridgehead atoms. The van der Waals surface area contributed by atoms with Gasteiger partial charge in [-0.3, -0.25) is 9.59 Å². The maximum Gasteiger partial charge on any atom is 0.298 e. The third kappa shape index (κ3) is 2.15. The second-order valence-corrected chi connectivity index (χ2v) is 6.18. The van der Waals surface area contributed by atoms with Crippen molar-refractivity contribution < 1.29 is 9.59 Å². The van der Waals surface area contributed by atoms with E-state index in [0.717, 1.165) is 5.56 Å². The molecule has 6 heteroatoms. The second kappa shape index (κ2) is 5.51. The van der Waals surface area contributed by atoms with Crippen LogP contribution in [0.1, 0.15) is 10.5 Å². The smallest absolute Gasteiger partial charge is 0.298 e. The molecule has 4 nitrogen and oxygen atoms in total. The first-order chi connectivity index (χ1) is 11.6. The molecule has 1 amide bonds. The average Bonchev–Trinajstić information content (AvgIpc) is 3.06. The van der Waals surface area contributed by atoms with Crippen LogP contribution in [0.2, 0.25) is 10.0 Å². The van der Waals surface area contributed by atoms with Gasteiger partial charge in [0.05, 0.1) is 11.4 Å². The zero-order valence-corrected chi connectivity index (χ0v) is 13.7. The van der Waals surface area contributed by atoms with Crippen molar-refractivity contribution in [3.63, 3.8) is 0 Å². The molecule has 1 aromatic heterocycles. The van der Waals surface area contributed by atoms with Crippen LogP contribution in [0.5, 0.6) is 0 Å². The number of Topliss-reactive ketones (excluding diaryl/α,β-unsaturated/α-hetero) is 1. The normalized spacial score (nSPS) is 13.1. The molecule has 1 aliphatic rings. The molecule has 118 valence electrons. The molecule has 0 radical (unpaired) electrons. The van der Waals surface area contributed by atoms with Crippen LogP contribution in [0.25, 0.3) is 22.4 Å². The van der Waals surface area contributed by atoms with Crippen LogP contribution >= 0.6 is 23.2 Å². The number of carbonyl (C=O) groups is 2. The molecule has 24 heavy (non-hydrogen) atoms. The van der Waals surface area contributed by atoms with Crippen molar-refractivity contribution >= 4 is 40.6 Å². The van der Waals surface area contributed by atoms with Crippen molar-refractivity contribution in [1.82, 2.24) is 4.98 Å². The lowest BCUT2D eigenvalue weighted by Crippen LogP contribution is -2.14. The Labute approximate surface area is 147 Å². The van der Waals surface area contributed by atoms with Gasteiger partial charge in [-0.2, -0.15) is 0 Å². The van der Waals surface area contributed by atoms with Crippen molar-refractivity contribution in [3.8, 4) is 22.4 Å².